The Kier molecular flexibility index (Phi) is 16.4. The second kappa shape index (κ2) is 23.9. The molecule has 6 heteroatoms. The molecular formula is C82H136B2N4. The van der Waals surface area contributed by atoms with E-state index in [1.807, 2.05) is 0 Å². The van der Waals surface area contributed by atoms with Crippen LogP contribution in [-0.4, -0.2) is 106 Å². The monoisotopic (exact) mass is 1200 g/mol. The summed E-state index contributed by atoms with van der Waals surface area (Å²) in [4.78, 5) is 14.6. The fraction of sp³-hybridized carbons (Fsp3) is 1.00. The molecule has 4 nitrogen and oxygen atoms in total. The molecule has 18 rings (SSSR count). The zero-order valence-electron chi connectivity index (χ0n) is 58.4. The number of hydrogen-bond donors (Lipinski definition) is 0. The van der Waals surface area contributed by atoms with Crippen LogP contribution in [0.1, 0.15) is 324 Å². The Hall–Kier alpha value is -0.0301. The molecule has 4 heterocycles. The maximum absolute atomic E-state index is 3.69. The molecule has 0 aromatic carbocycles. The lowest BCUT2D eigenvalue weighted by Gasteiger charge is -2.74. The van der Waals surface area contributed by atoms with Crippen LogP contribution in [0.2, 0.25) is 34.9 Å². The SMILES string of the molecule is CC(C)(C)C1CC2C3B(C4CCC([C@@H]5CCC6C7C(CCCC75)C5CCCC7CCCC6[C@H]75)CC4N2C2CCCCC2)[C@H]2C[C@H]4B5C6CCCCC6N(C6CCCCC6)C6C[C@@H](C(C)(C)C)CC(C56)N(C5CCCCC5)C4CC2N(C2CCCCC2)C3C1. The smallest absolute Gasteiger partial charge is 0.156 e. The van der Waals surface area contributed by atoms with Gasteiger partial charge in [0.05, 0.1) is 0 Å². The molecule has 26 atom stereocenters. The molecule has 18 aliphatic rings. The van der Waals surface area contributed by atoms with E-state index in [1.165, 1.54) is 148 Å². The third kappa shape index (κ3) is 9.85. The summed E-state index contributed by atoms with van der Waals surface area (Å²) in [5.74, 6) is 18.4. The summed E-state index contributed by atoms with van der Waals surface area (Å²) in [6.07, 6.45) is 68.8. The first-order valence-electron chi connectivity index (χ1n) is 42.1. The molecule has 14 aliphatic carbocycles. The average molecular weight is 1200 g/mol. The molecule has 18 fully saturated rings. The van der Waals surface area contributed by atoms with Gasteiger partial charge in [-0.25, -0.2) is 0 Å². The average Bonchev–Trinajstić information content (AvgIpc) is 0.927. The topological polar surface area (TPSA) is 13.0 Å². The number of hydrogen-bond acceptors (Lipinski definition) is 4. The summed E-state index contributed by atoms with van der Waals surface area (Å²) < 4.78 is 0. The van der Waals surface area contributed by atoms with Crippen LogP contribution in [0.15, 0.2) is 0 Å². The molecule has 14 saturated carbocycles. The molecule has 0 radical (unpaired) electrons. The van der Waals surface area contributed by atoms with Gasteiger partial charge in [0.15, 0.2) is 13.4 Å². The van der Waals surface area contributed by atoms with Gasteiger partial charge in [-0.2, -0.15) is 0 Å². The Morgan fingerprint density at radius 3 is 1.07 bits per heavy atom. The third-order valence-electron chi connectivity index (χ3n) is 35.4. The number of fused-ring (bicyclic) bond motifs is 10. The lowest BCUT2D eigenvalue weighted by Crippen LogP contribution is -2.78. The van der Waals surface area contributed by atoms with Crippen LogP contribution in [0.25, 0.3) is 0 Å². The highest BCUT2D eigenvalue weighted by Crippen LogP contribution is 2.72. The van der Waals surface area contributed by atoms with E-state index in [9.17, 15) is 0 Å². The minimum absolute atomic E-state index is 0.379. The lowest BCUT2D eigenvalue weighted by molar-refractivity contribution is -0.158. The van der Waals surface area contributed by atoms with Crippen LogP contribution in [0, 0.1) is 81.8 Å². The zero-order valence-corrected chi connectivity index (χ0v) is 58.4. The van der Waals surface area contributed by atoms with Crippen molar-refractivity contribution in [2.45, 2.75) is 431 Å². The third-order valence-corrected chi connectivity index (χ3v) is 35.4. The van der Waals surface area contributed by atoms with E-state index in [0.29, 0.717) is 10.8 Å². The van der Waals surface area contributed by atoms with Crippen LogP contribution >= 0.6 is 0 Å². The van der Waals surface area contributed by atoms with E-state index < -0.39 is 0 Å². The zero-order chi connectivity index (χ0) is 58.9. The summed E-state index contributed by atoms with van der Waals surface area (Å²) >= 11 is 0. The second-order valence-electron chi connectivity index (χ2n) is 40.1. The second-order valence-corrected chi connectivity index (χ2v) is 40.1. The maximum Gasteiger partial charge on any atom is 0.156 e. The summed E-state index contributed by atoms with van der Waals surface area (Å²) in [5, 5.41) is 0. The maximum atomic E-state index is 3.69. The van der Waals surface area contributed by atoms with Crippen molar-refractivity contribution in [3.8, 4) is 0 Å². The van der Waals surface area contributed by atoms with Gasteiger partial charge in [-0.05, 0) is 252 Å². The largest absolute Gasteiger partial charge is 0.295 e. The molecule has 0 aromatic rings. The quantitative estimate of drug-likeness (QED) is 0.254. The number of rotatable bonds is 5. The van der Waals surface area contributed by atoms with Crippen LogP contribution in [0.3, 0.4) is 0 Å². The highest BCUT2D eigenvalue weighted by molar-refractivity contribution is 6.67. The molecule has 21 unspecified atom stereocenters. The standard InChI is InChI=1S/C82H136B2N4/c1-81(2,3)53-45-73-79-75(47-53)87(57-30-15-9-16-31-57)71-50-72-68(49-67(71)83(79)65-38-19-20-39-69(65)85(73)55-26-11-7-12-27-55)84-66-43-40-52(59-41-42-64-62-35-22-25-51-24-21-34-61(77(51)62)63-37-23-36-60(59)78(63)64)44-70(66)86(56-28-13-8-14-29-56)74-46-54(82(4,5)6)48-76(80(74)84)88(72)58-32-17-10-18-33-58/h51-80H,7-50H2,1-6H3/t51?,52?,53-,54?,59+,60?,61?,62?,63?,64?,65?,66?,67-,68+,69?,70?,71?,72?,73?,74?,75?,76?,77-,78?,79?,80?/m1/s1. The van der Waals surface area contributed by atoms with Gasteiger partial charge in [0, 0.05) is 72.5 Å². The van der Waals surface area contributed by atoms with Crippen LogP contribution in [0.5, 0.6) is 0 Å². The fourth-order valence-electron chi connectivity index (χ4n) is 32.7. The van der Waals surface area contributed by atoms with Crippen molar-refractivity contribution in [3.63, 3.8) is 0 Å². The summed E-state index contributed by atoms with van der Waals surface area (Å²) in [6.45, 7) is 18.4. The first-order valence-corrected chi connectivity index (χ1v) is 42.1. The van der Waals surface area contributed by atoms with Gasteiger partial charge in [0.1, 0.15) is 0 Å². The molecule has 0 N–H and O–H groups in total. The predicted molar refractivity (Wildman–Crippen MR) is 371 cm³/mol. The Labute approximate surface area is 543 Å². The van der Waals surface area contributed by atoms with E-state index >= 15 is 0 Å². The van der Waals surface area contributed by atoms with Gasteiger partial charge in [-0.15, -0.1) is 0 Å². The molecule has 0 spiro atoms. The Morgan fingerprint density at radius 2 is 0.602 bits per heavy atom. The van der Waals surface area contributed by atoms with Gasteiger partial charge < -0.3 is 0 Å². The van der Waals surface area contributed by atoms with Gasteiger partial charge in [-0.1, -0.05) is 189 Å². The summed E-state index contributed by atoms with van der Waals surface area (Å²) in [6, 6.07) is 10.2. The van der Waals surface area contributed by atoms with Crippen molar-refractivity contribution in [2.24, 2.45) is 81.8 Å². The molecule has 0 aromatic heterocycles. The van der Waals surface area contributed by atoms with Gasteiger partial charge in [0.25, 0.3) is 0 Å². The summed E-state index contributed by atoms with van der Waals surface area (Å²) in [7, 11) is 0. The van der Waals surface area contributed by atoms with Gasteiger partial charge in [-0.3, -0.25) is 19.6 Å². The molecule has 490 valence electrons. The van der Waals surface area contributed by atoms with E-state index in [1.54, 1.807) is 135 Å². The molecule has 0 bridgehead atoms. The van der Waals surface area contributed by atoms with Crippen molar-refractivity contribution in [3.05, 3.63) is 0 Å². The number of nitrogens with zero attached hydrogens (tertiary/aromatic N) is 4. The Bertz CT molecular complexity index is 2390. The highest BCUT2D eigenvalue weighted by Gasteiger charge is 2.72. The van der Waals surface area contributed by atoms with E-state index in [-0.39, 0.29) is 0 Å². The van der Waals surface area contributed by atoms with Crippen LogP contribution in [-0.2, 0) is 0 Å². The van der Waals surface area contributed by atoms with Crippen molar-refractivity contribution in [2.75, 3.05) is 0 Å². The molecule has 88 heavy (non-hydrogen) atoms. The van der Waals surface area contributed by atoms with Crippen molar-refractivity contribution >= 4 is 13.4 Å². The highest BCUT2D eigenvalue weighted by atomic mass is 15.3. The van der Waals surface area contributed by atoms with E-state index in [0.717, 1.165) is 192 Å². The van der Waals surface area contributed by atoms with Crippen molar-refractivity contribution < 1.29 is 0 Å². The lowest BCUT2D eigenvalue weighted by atomic mass is 9.13. The van der Waals surface area contributed by atoms with E-state index in [2.05, 4.69) is 61.1 Å². The first kappa shape index (κ1) is 60.4. The Morgan fingerprint density at radius 1 is 0.239 bits per heavy atom. The molecular weight excluding hydrogens is 1060 g/mol. The Balaban J connectivity index is 0.757. The van der Waals surface area contributed by atoms with Crippen molar-refractivity contribution in [1.29, 1.82) is 0 Å². The van der Waals surface area contributed by atoms with Crippen molar-refractivity contribution in [1.82, 2.24) is 19.6 Å². The van der Waals surface area contributed by atoms with Crippen LogP contribution in [0.4, 0.5) is 0 Å². The summed E-state index contributed by atoms with van der Waals surface area (Å²) in [5.41, 5.74) is 0.767. The molecule has 0 amide bonds. The molecule has 4 aliphatic heterocycles. The molecule has 4 saturated heterocycles. The fourth-order valence-corrected chi connectivity index (χ4v) is 32.7. The minimum atomic E-state index is 0.379. The predicted octanol–water partition coefficient (Wildman–Crippen LogP) is 20.7. The van der Waals surface area contributed by atoms with Crippen LogP contribution < -0.4 is 0 Å². The first-order chi connectivity index (χ1) is 43.0. The van der Waals surface area contributed by atoms with E-state index in [4.69, 9.17) is 0 Å². The van der Waals surface area contributed by atoms with Gasteiger partial charge >= 0.3 is 0 Å². The normalized spacial score (nSPS) is 50.9. The van der Waals surface area contributed by atoms with Gasteiger partial charge in [0.2, 0.25) is 0 Å². The minimum Gasteiger partial charge on any atom is -0.295 e.